The average molecular weight is 287 g/mol. The van der Waals surface area contributed by atoms with E-state index in [-0.39, 0.29) is 11.9 Å². The number of hydrogen-bond acceptors (Lipinski definition) is 6. The van der Waals surface area contributed by atoms with Gasteiger partial charge in [-0.2, -0.15) is 4.98 Å². The predicted molar refractivity (Wildman–Crippen MR) is 74.7 cm³/mol. The number of ether oxygens (including phenoxy) is 1. The van der Waals surface area contributed by atoms with Crippen molar-refractivity contribution in [2.24, 2.45) is 0 Å². The lowest BCUT2D eigenvalue weighted by molar-refractivity contribution is -0.0548. The third-order valence-corrected chi connectivity index (χ3v) is 4.25. The number of para-hydroxylation sites is 1. The molecule has 2 unspecified atom stereocenters. The summed E-state index contributed by atoms with van der Waals surface area (Å²) in [6.07, 6.45) is 2.29. The van der Waals surface area contributed by atoms with Gasteiger partial charge >= 0.3 is 0 Å². The van der Waals surface area contributed by atoms with Crippen molar-refractivity contribution < 1.29 is 14.4 Å². The average Bonchev–Trinajstić information content (AvgIpc) is 3.16. The molecule has 0 spiro atoms. The van der Waals surface area contributed by atoms with E-state index in [2.05, 4.69) is 15.0 Å². The van der Waals surface area contributed by atoms with Crippen LogP contribution in [0.5, 0.6) is 5.75 Å². The van der Waals surface area contributed by atoms with Gasteiger partial charge in [-0.3, -0.25) is 4.90 Å². The summed E-state index contributed by atoms with van der Waals surface area (Å²) in [7, 11) is 0. The molecule has 2 saturated heterocycles. The van der Waals surface area contributed by atoms with Gasteiger partial charge in [-0.25, -0.2) is 0 Å². The molecule has 1 aromatic heterocycles. The molecule has 0 bridgehead atoms. The fourth-order valence-corrected chi connectivity index (χ4v) is 3.10. The molecule has 2 aliphatic rings. The van der Waals surface area contributed by atoms with E-state index in [1.165, 1.54) is 12.8 Å². The quantitative estimate of drug-likeness (QED) is 0.910. The molecule has 110 valence electrons. The maximum atomic E-state index is 9.84. The van der Waals surface area contributed by atoms with Gasteiger partial charge in [0.2, 0.25) is 5.82 Å². The number of phenols is 1. The summed E-state index contributed by atoms with van der Waals surface area (Å²) in [6.45, 7) is 2.66. The number of nitrogens with zero attached hydrogens (tertiary/aromatic N) is 3. The molecule has 6 nitrogen and oxygen atoms in total. The molecule has 0 radical (unpaired) electrons. The Morgan fingerprint density at radius 1 is 1.29 bits per heavy atom. The van der Waals surface area contributed by atoms with E-state index in [1.807, 2.05) is 6.07 Å². The van der Waals surface area contributed by atoms with Crippen molar-refractivity contribution in [3.8, 4) is 17.2 Å². The minimum absolute atomic E-state index is 0.136. The monoisotopic (exact) mass is 287 g/mol. The van der Waals surface area contributed by atoms with Crippen molar-refractivity contribution in [1.82, 2.24) is 15.0 Å². The van der Waals surface area contributed by atoms with Gasteiger partial charge in [0.15, 0.2) is 0 Å². The van der Waals surface area contributed by atoms with Gasteiger partial charge < -0.3 is 14.4 Å². The van der Waals surface area contributed by atoms with Crippen LogP contribution in [0.4, 0.5) is 0 Å². The summed E-state index contributed by atoms with van der Waals surface area (Å²) in [4.78, 5) is 6.82. The standard InChI is InChI=1S/C15H17N3O3/c19-12-6-2-1-5-11(12)15-16-14(17-21-15)13-8-18-7-3-4-10(18)9-20-13/h1-2,5-6,10,13,19H,3-4,7-9H2. The number of aromatic nitrogens is 2. The van der Waals surface area contributed by atoms with Crippen LogP contribution in [0.15, 0.2) is 28.8 Å². The van der Waals surface area contributed by atoms with Gasteiger partial charge in [0, 0.05) is 12.6 Å². The topological polar surface area (TPSA) is 71.6 Å². The zero-order chi connectivity index (χ0) is 14.2. The predicted octanol–water partition coefficient (Wildman–Crippen LogP) is 1.98. The van der Waals surface area contributed by atoms with E-state index < -0.39 is 0 Å². The highest BCUT2D eigenvalue weighted by Crippen LogP contribution is 2.31. The normalized spacial score (nSPS) is 25.9. The molecule has 21 heavy (non-hydrogen) atoms. The first-order valence-electron chi connectivity index (χ1n) is 7.29. The minimum atomic E-state index is -0.150. The summed E-state index contributed by atoms with van der Waals surface area (Å²) in [5.74, 6) is 1.02. The van der Waals surface area contributed by atoms with Crippen LogP contribution in [0, 0.1) is 0 Å². The Kier molecular flexibility index (Phi) is 3.12. The first kappa shape index (κ1) is 12.8. The van der Waals surface area contributed by atoms with E-state index in [4.69, 9.17) is 9.26 Å². The lowest BCUT2D eigenvalue weighted by Gasteiger charge is -2.33. The Morgan fingerprint density at radius 2 is 2.19 bits per heavy atom. The molecule has 2 atom stereocenters. The smallest absolute Gasteiger partial charge is 0.261 e. The molecule has 6 heteroatoms. The number of fused-ring (bicyclic) bond motifs is 1. The van der Waals surface area contributed by atoms with Crippen molar-refractivity contribution in [3.63, 3.8) is 0 Å². The van der Waals surface area contributed by atoms with Gasteiger partial charge in [-0.05, 0) is 31.5 Å². The molecule has 0 aliphatic carbocycles. The number of rotatable bonds is 2. The fourth-order valence-electron chi connectivity index (χ4n) is 3.10. The molecule has 0 saturated carbocycles. The van der Waals surface area contributed by atoms with Gasteiger partial charge in [-0.1, -0.05) is 17.3 Å². The SMILES string of the molecule is Oc1ccccc1-c1nc(C2CN3CCCC3CO2)no1. The molecule has 1 N–H and O–H groups in total. The molecule has 4 rings (SSSR count). The molecule has 2 aliphatic heterocycles. The highest BCUT2D eigenvalue weighted by Gasteiger charge is 2.35. The lowest BCUT2D eigenvalue weighted by atomic mass is 10.2. The van der Waals surface area contributed by atoms with E-state index in [1.54, 1.807) is 18.2 Å². The molecule has 0 amide bonds. The second-order valence-corrected chi connectivity index (χ2v) is 5.59. The van der Waals surface area contributed by atoms with Gasteiger partial charge in [0.05, 0.1) is 12.2 Å². The third kappa shape index (κ3) is 2.30. The zero-order valence-electron chi connectivity index (χ0n) is 11.6. The summed E-state index contributed by atoms with van der Waals surface area (Å²) >= 11 is 0. The van der Waals surface area contributed by atoms with E-state index in [0.717, 1.165) is 19.7 Å². The van der Waals surface area contributed by atoms with E-state index >= 15 is 0 Å². The summed E-state index contributed by atoms with van der Waals surface area (Å²) in [6, 6.07) is 7.49. The molecular weight excluding hydrogens is 270 g/mol. The van der Waals surface area contributed by atoms with Crippen molar-refractivity contribution in [3.05, 3.63) is 30.1 Å². The van der Waals surface area contributed by atoms with Crippen molar-refractivity contribution in [2.75, 3.05) is 19.7 Å². The second kappa shape index (κ2) is 5.13. The van der Waals surface area contributed by atoms with Crippen LogP contribution in [-0.4, -0.2) is 45.9 Å². The molecular formula is C15H17N3O3. The maximum absolute atomic E-state index is 9.84. The summed E-state index contributed by atoms with van der Waals surface area (Å²) < 4.78 is 11.1. The zero-order valence-corrected chi connectivity index (χ0v) is 11.6. The van der Waals surface area contributed by atoms with Gasteiger partial charge in [-0.15, -0.1) is 0 Å². The number of morpholine rings is 1. The van der Waals surface area contributed by atoms with Crippen molar-refractivity contribution in [2.45, 2.75) is 25.0 Å². The van der Waals surface area contributed by atoms with E-state index in [0.29, 0.717) is 23.3 Å². The molecule has 1 aromatic carbocycles. The first-order valence-corrected chi connectivity index (χ1v) is 7.29. The second-order valence-electron chi connectivity index (χ2n) is 5.59. The van der Waals surface area contributed by atoms with Crippen molar-refractivity contribution >= 4 is 0 Å². The highest BCUT2D eigenvalue weighted by molar-refractivity contribution is 5.61. The van der Waals surface area contributed by atoms with Crippen LogP contribution in [0.25, 0.3) is 11.5 Å². The fraction of sp³-hybridized carbons (Fsp3) is 0.467. The Morgan fingerprint density at radius 3 is 3.10 bits per heavy atom. The van der Waals surface area contributed by atoms with Crippen LogP contribution >= 0.6 is 0 Å². The molecule has 2 fully saturated rings. The maximum Gasteiger partial charge on any atom is 0.261 e. The Hall–Kier alpha value is -1.92. The molecule has 3 heterocycles. The number of phenolic OH excluding ortho intramolecular Hbond substituents is 1. The molecule has 2 aromatic rings. The largest absolute Gasteiger partial charge is 0.507 e. The van der Waals surface area contributed by atoms with Gasteiger partial charge in [0.25, 0.3) is 5.89 Å². The van der Waals surface area contributed by atoms with Crippen LogP contribution in [0.1, 0.15) is 24.8 Å². The Balaban J connectivity index is 1.56. The Bertz CT molecular complexity index is 643. The number of aromatic hydroxyl groups is 1. The third-order valence-electron chi connectivity index (χ3n) is 4.25. The highest BCUT2D eigenvalue weighted by atomic mass is 16.5. The van der Waals surface area contributed by atoms with Crippen LogP contribution in [-0.2, 0) is 4.74 Å². The van der Waals surface area contributed by atoms with Gasteiger partial charge in [0.1, 0.15) is 11.9 Å². The first-order chi connectivity index (χ1) is 10.3. The van der Waals surface area contributed by atoms with Crippen LogP contribution < -0.4 is 0 Å². The Labute approximate surface area is 122 Å². The minimum Gasteiger partial charge on any atom is -0.507 e. The van der Waals surface area contributed by atoms with E-state index in [9.17, 15) is 5.11 Å². The lowest BCUT2D eigenvalue weighted by Crippen LogP contribution is -2.42. The van der Waals surface area contributed by atoms with Crippen LogP contribution in [0.3, 0.4) is 0 Å². The number of hydrogen-bond donors (Lipinski definition) is 1. The van der Waals surface area contributed by atoms with Crippen molar-refractivity contribution in [1.29, 1.82) is 0 Å². The number of benzene rings is 1. The summed E-state index contributed by atoms with van der Waals surface area (Å²) in [5.41, 5.74) is 0.547. The van der Waals surface area contributed by atoms with Crippen LogP contribution in [0.2, 0.25) is 0 Å². The summed E-state index contributed by atoms with van der Waals surface area (Å²) in [5, 5.41) is 13.9.